The number of carbonyl (C=O) groups is 1. The number of methoxy groups -OCH3 is 1. The molecule has 2 N–H and O–H groups in total. The van der Waals surface area contributed by atoms with Crippen molar-refractivity contribution in [2.24, 2.45) is 0 Å². The summed E-state index contributed by atoms with van der Waals surface area (Å²) < 4.78 is 5.22. The maximum atomic E-state index is 10.4. The Bertz CT molecular complexity index is 413. The molecule has 0 aliphatic carbocycles. The van der Waals surface area contributed by atoms with Gasteiger partial charge in [-0.05, 0) is 13.0 Å². The zero-order valence-electron chi connectivity index (χ0n) is 10.1. The van der Waals surface area contributed by atoms with E-state index in [9.17, 15) is 4.79 Å². The number of nitrogens with one attached hydrogen (secondary N) is 1. The molecule has 0 saturated carbocycles. The van der Waals surface area contributed by atoms with Crippen LogP contribution in [0.15, 0.2) is 35.9 Å². The molecule has 1 aromatic carbocycles. The number of ether oxygens (including phenoxy) is 1. The highest BCUT2D eigenvalue weighted by atomic mass is 16.5. The van der Waals surface area contributed by atoms with Gasteiger partial charge in [-0.2, -0.15) is 0 Å². The molecule has 0 fully saturated rings. The van der Waals surface area contributed by atoms with Crippen molar-refractivity contribution >= 4 is 5.97 Å². The highest BCUT2D eigenvalue weighted by molar-refractivity contribution is 5.80. The zero-order valence-corrected chi connectivity index (χ0v) is 10.1. The summed E-state index contributed by atoms with van der Waals surface area (Å²) in [6.07, 6.45) is 1.20. The van der Waals surface area contributed by atoms with Crippen molar-refractivity contribution in [2.45, 2.75) is 13.5 Å². The smallest absolute Gasteiger partial charge is 0.328 e. The minimum atomic E-state index is -0.915. The van der Waals surface area contributed by atoms with Crippen molar-refractivity contribution in [1.29, 1.82) is 0 Å². The molecule has 0 aromatic heterocycles. The van der Waals surface area contributed by atoms with E-state index in [1.807, 2.05) is 24.3 Å². The molecule has 0 atom stereocenters. The third-order valence-corrected chi connectivity index (χ3v) is 2.28. The lowest BCUT2D eigenvalue weighted by Gasteiger charge is -2.09. The van der Waals surface area contributed by atoms with Crippen LogP contribution < -0.4 is 10.1 Å². The second-order valence-corrected chi connectivity index (χ2v) is 3.74. The van der Waals surface area contributed by atoms with Crippen LogP contribution >= 0.6 is 0 Å². The number of rotatable bonds is 6. The molecular weight excluding hydrogens is 218 g/mol. The van der Waals surface area contributed by atoms with E-state index in [-0.39, 0.29) is 0 Å². The predicted molar refractivity (Wildman–Crippen MR) is 66.1 cm³/mol. The maximum Gasteiger partial charge on any atom is 0.328 e. The average Bonchev–Trinajstić information content (AvgIpc) is 2.28. The Hall–Kier alpha value is -1.81. The van der Waals surface area contributed by atoms with Crippen LogP contribution in [0, 0.1) is 0 Å². The Balaban J connectivity index is 2.48. The molecule has 0 saturated heterocycles. The molecule has 1 rings (SSSR count). The lowest BCUT2D eigenvalue weighted by atomic mass is 10.2. The van der Waals surface area contributed by atoms with Crippen LogP contribution in [-0.4, -0.2) is 24.7 Å². The third kappa shape index (κ3) is 4.70. The van der Waals surface area contributed by atoms with Crippen LogP contribution in [0.1, 0.15) is 12.5 Å². The van der Waals surface area contributed by atoms with Crippen LogP contribution in [0.5, 0.6) is 5.75 Å². The van der Waals surface area contributed by atoms with Gasteiger partial charge in [0.1, 0.15) is 5.75 Å². The number of aliphatic carboxylic acids is 1. The fraction of sp³-hybridized carbons (Fsp3) is 0.308. The average molecular weight is 235 g/mol. The van der Waals surface area contributed by atoms with Crippen LogP contribution in [0.3, 0.4) is 0 Å². The third-order valence-electron chi connectivity index (χ3n) is 2.28. The summed E-state index contributed by atoms with van der Waals surface area (Å²) in [4.78, 5) is 10.4. The summed E-state index contributed by atoms with van der Waals surface area (Å²) in [5.74, 6) is -0.0820. The lowest BCUT2D eigenvalue weighted by Crippen LogP contribution is -2.16. The zero-order chi connectivity index (χ0) is 12.7. The van der Waals surface area contributed by atoms with Gasteiger partial charge in [-0.1, -0.05) is 23.8 Å². The standard InChI is InChI=1S/C13H17NO3/c1-10(7-13(15)16)8-14-9-11-5-3-4-6-12(11)17-2/h3-7,14H,8-9H2,1-2H3,(H,15,16)/b10-7+. The number of carboxylic acids is 1. The maximum absolute atomic E-state index is 10.4. The van der Waals surface area contributed by atoms with Crippen LogP contribution in [0.2, 0.25) is 0 Å². The first kappa shape index (κ1) is 13.3. The summed E-state index contributed by atoms with van der Waals surface area (Å²) in [5.41, 5.74) is 1.84. The van der Waals surface area contributed by atoms with E-state index < -0.39 is 5.97 Å². The van der Waals surface area contributed by atoms with Gasteiger partial charge in [-0.15, -0.1) is 0 Å². The number of hydrogen-bond donors (Lipinski definition) is 2. The van der Waals surface area contributed by atoms with Crippen molar-refractivity contribution in [2.75, 3.05) is 13.7 Å². The minimum absolute atomic E-state index is 0.546. The molecule has 0 aliphatic heterocycles. The number of carboxylic acid groups (broad SMARTS) is 1. The number of hydrogen-bond acceptors (Lipinski definition) is 3. The number of para-hydroxylation sites is 1. The van der Waals surface area contributed by atoms with Gasteiger partial charge < -0.3 is 15.2 Å². The SMILES string of the molecule is COc1ccccc1CNC/C(C)=C/C(=O)O. The molecule has 0 heterocycles. The quantitative estimate of drug-likeness (QED) is 0.738. The van der Waals surface area contributed by atoms with Gasteiger partial charge in [-0.3, -0.25) is 0 Å². The summed E-state index contributed by atoms with van der Waals surface area (Å²) in [7, 11) is 1.63. The molecule has 0 radical (unpaired) electrons. The van der Waals surface area contributed by atoms with Crippen molar-refractivity contribution in [1.82, 2.24) is 5.32 Å². The lowest BCUT2D eigenvalue weighted by molar-refractivity contribution is -0.131. The monoisotopic (exact) mass is 235 g/mol. The van der Waals surface area contributed by atoms with E-state index in [0.29, 0.717) is 13.1 Å². The van der Waals surface area contributed by atoms with Crippen molar-refractivity contribution < 1.29 is 14.6 Å². The molecule has 4 heteroatoms. The molecule has 0 unspecified atom stereocenters. The summed E-state index contributed by atoms with van der Waals surface area (Å²) >= 11 is 0. The molecule has 0 aliphatic rings. The van der Waals surface area contributed by atoms with Gasteiger partial charge in [0, 0.05) is 24.7 Å². The van der Waals surface area contributed by atoms with E-state index in [2.05, 4.69) is 5.32 Å². The van der Waals surface area contributed by atoms with Crippen LogP contribution in [0.4, 0.5) is 0 Å². The minimum Gasteiger partial charge on any atom is -0.496 e. The Kier molecular flexibility index (Phi) is 5.23. The van der Waals surface area contributed by atoms with E-state index in [4.69, 9.17) is 9.84 Å². The van der Waals surface area contributed by atoms with Gasteiger partial charge >= 0.3 is 5.97 Å². The molecule has 92 valence electrons. The highest BCUT2D eigenvalue weighted by Gasteiger charge is 2.01. The van der Waals surface area contributed by atoms with Crippen molar-refractivity contribution in [3.63, 3.8) is 0 Å². The Labute approximate surface area is 101 Å². The van der Waals surface area contributed by atoms with E-state index in [1.165, 1.54) is 6.08 Å². The predicted octanol–water partition coefficient (Wildman–Crippen LogP) is 1.82. The van der Waals surface area contributed by atoms with Crippen LogP contribution in [-0.2, 0) is 11.3 Å². The molecule has 0 amide bonds. The molecule has 0 bridgehead atoms. The highest BCUT2D eigenvalue weighted by Crippen LogP contribution is 2.16. The van der Waals surface area contributed by atoms with Crippen molar-refractivity contribution in [3.05, 3.63) is 41.5 Å². The fourth-order valence-electron chi connectivity index (χ4n) is 1.51. The molecule has 1 aromatic rings. The molecule has 4 nitrogen and oxygen atoms in total. The first-order chi connectivity index (χ1) is 8.13. The van der Waals surface area contributed by atoms with Gasteiger partial charge in [0.05, 0.1) is 7.11 Å². The fourth-order valence-corrected chi connectivity index (χ4v) is 1.51. The topological polar surface area (TPSA) is 58.6 Å². The largest absolute Gasteiger partial charge is 0.496 e. The van der Waals surface area contributed by atoms with E-state index in [1.54, 1.807) is 14.0 Å². The summed E-state index contributed by atoms with van der Waals surface area (Å²) in [6.45, 7) is 2.97. The Morgan fingerprint density at radius 2 is 2.18 bits per heavy atom. The van der Waals surface area contributed by atoms with E-state index >= 15 is 0 Å². The van der Waals surface area contributed by atoms with Gasteiger partial charge in [0.15, 0.2) is 0 Å². The molecule has 0 spiro atoms. The first-order valence-corrected chi connectivity index (χ1v) is 5.36. The normalized spacial score (nSPS) is 11.3. The molecular formula is C13H17NO3. The first-order valence-electron chi connectivity index (χ1n) is 5.36. The number of benzene rings is 1. The summed E-state index contributed by atoms with van der Waals surface area (Å²) in [5, 5.41) is 11.7. The Morgan fingerprint density at radius 3 is 2.82 bits per heavy atom. The second-order valence-electron chi connectivity index (χ2n) is 3.74. The second kappa shape index (κ2) is 6.70. The summed E-state index contributed by atoms with van der Waals surface area (Å²) in [6, 6.07) is 7.73. The van der Waals surface area contributed by atoms with Gasteiger partial charge in [-0.25, -0.2) is 4.79 Å². The van der Waals surface area contributed by atoms with E-state index in [0.717, 1.165) is 16.9 Å². The van der Waals surface area contributed by atoms with Crippen LogP contribution in [0.25, 0.3) is 0 Å². The van der Waals surface area contributed by atoms with Crippen molar-refractivity contribution in [3.8, 4) is 5.75 Å². The van der Waals surface area contributed by atoms with Gasteiger partial charge in [0.25, 0.3) is 0 Å². The molecule has 17 heavy (non-hydrogen) atoms. The van der Waals surface area contributed by atoms with Gasteiger partial charge in [0.2, 0.25) is 0 Å². The Morgan fingerprint density at radius 1 is 1.47 bits per heavy atom.